The molecule has 2 heterocycles. The van der Waals surface area contributed by atoms with Crippen molar-refractivity contribution in [1.82, 2.24) is 10.2 Å². The van der Waals surface area contributed by atoms with Crippen LogP contribution in [-0.2, 0) is 14.3 Å². The van der Waals surface area contributed by atoms with Crippen LogP contribution in [0.3, 0.4) is 0 Å². The van der Waals surface area contributed by atoms with Gasteiger partial charge < -0.3 is 20.1 Å². The highest BCUT2D eigenvalue weighted by atomic mass is 16.6. The minimum atomic E-state index is -1.46. The van der Waals surface area contributed by atoms with Crippen LogP contribution in [-0.4, -0.2) is 75.6 Å². The Morgan fingerprint density at radius 1 is 1.28 bits per heavy atom. The van der Waals surface area contributed by atoms with Crippen molar-refractivity contribution in [1.29, 1.82) is 0 Å². The molecular weight excluding hydrogens is 248 g/mol. The van der Waals surface area contributed by atoms with E-state index in [2.05, 4.69) is 0 Å². The Balaban J connectivity index is 2.14. The highest BCUT2D eigenvalue weighted by Crippen LogP contribution is 2.24. The molecule has 3 amide bonds. The zero-order valence-corrected chi connectivity index (χ0v) is 9.15. The van der Waals surface area contributed by atoms with Crippen molar-refractivity contribution >= 4 is 17.7 Å². The number of carbonyl (C=O) groups excluding carboxylic acids is 3. The number of Topliss-reactive ketones (excluding diaryl/α,β-unsaturated/α-hetero) is 1. The first kappa shape index (κ1) is 12.9. The number of urea groups is 1. The van der Waals surface area contributed by atoms with Crippen LogP contribution in [0.15, 0.2) is 0 Å². The normalized spacial score (nSPS) is 37.1. The number of rotatable bonds is 2. The van der Waals surface area contributed by atoms with Crippen LogP contribution in [0.4, 0.5) is 4.79 Å². The standard InChI is InChI=1S/C9H12N2O7/c12-2-4-5(14)6(15)8(18-4)11-1-3(13)7(16)10-9(11)17/h4-6,8,12,14-15H,1-2H2,(H,10,16,17)/t4-,5+,6+,8-/m0/s1. The number of hydrogen-bond donors (Lipinski definition) is 4. The van der Waals surface area contributed by atoms with Gasteiger partial charge in [0.05, 0.1) is 13.2 Å². The molecule has 2 aliphatic rings. The minimum absolute atomic E-state index is 0.544. The summed E-state index contributed by atoms with van der Waals surface area (Å²) in [5, 5.41) is 29.9. The van der Waals surface area contributed by atoms with E-state index >= 15 is 0 Å². The number of nitrogens with one attached hydrogen (secondary N) is 1. The van der Waals surface area contributed by atoms with Crippen molar-refractivity contribution in [3.8, 4) is 0 Å². The maximum absolute atomic E-state index is 11.5. The van der Waals surface area contributed by atoms with Crippen LogP contribution >= 0.6 is 0 Å². The molecule has 0 aromatic heterocycles. The van der Waals surface area contributed by atoms with Crippen LogP contribution in [0.1, 0.15) is 0 Å². The van der Waals surface area contributed by atoms with Gasteiger partial charge in [-0.3, -0.25) is 19.8 Å². The smallest absolute Gasteiger partial charge is 0.326 e. The molecular formula is C9H12N2O7. The number of amides is 3. The van der Waals surface area contributed by atoms with E-state index in [0.717, 1.165) is 4.90 Å². The lowest BCUT2D eigenvalue weighted by atomic mass is 10.1. The summed E-state index contributed by atoms with van der Waals surface area (Å²) in [7, 11) is 0. The van der Waals surface area contributed by atoms with Gasteiger partial charge in [0.15, 0.2) is 6.23 Å². The first-order valence-electron chi connectivity index (χ1n) is 5.23. The summed E-state index contributed by atoms with van der Waals surface area (Å²) in [6, 6.07) is -0.894. The van der Waals surface area contributed by atoms with Gasteiger partial charge in [-0.15, -0.1) is 0 Å². The Morgan fingerprint density at radius 2 is 1.94 bits per heavy atom. The number of ether oxygens (including phenoxy) is 1. The second-order valence-corrected chi connectivity index (χ2v) is 4.04. The lowest BCUT2D eigenvalue weighted by Gasteiger charge is -2.31. The van der Waals surface area contributed by atoms with E-state index in [-0.39, 0.29) is 0 Å². The summed E-state index contributed by atoms with van der Waals surface area (Å²) in [6.07, 6.45) is -5.17. The third-order valence-corrected chi connectivity index (χ3v) is 2.87. The third kappa shape index (κ3) is 1.97. The number of imide groups is 1. The maximum atomic E-state index is 11.5. The fraction of sp³-hybridized carbons (Fsp3) is 0.667. The fourth-order valence-electron chi connectivity index (χ4n) is 1.88. The van der Waals surface area contributed by atoms with Crippen molar-refractivity contribution in [2.45, 2.75) is 24.5 Å². The van der Waals surface area contributed by atoms with Crippen LogP contribution in [0.5, 0.6) is 0 Å². The second-order valence-electron chi connectivity index (χ2n) is 4.04. The molecule has 9 nitrogen and oxygen atoms in total. The van der Waals surface area contributed by atoms with Gasteiger partial charge in [0.2, 0.25) is 5.78 Å². The number of carbonyl (C=O) groups is 3. The first-order valence-corrected chi connectivity index (χ1v) is 5.23. The Labute approximate surface area is 101 Å². The first-order chi connectivity index (χ1) is 8.45. The molecule has 2 fully saturated rings. The van der Waals surface area contributed by atoms with Crippen molar-refractivity contribution < 1.29 is 34.4 Å². The summed E-state index contributed by atoms with van der Waals surface area (Å²) in [5.74, 6) is -1.88. The SMILES string of the molecule is O=C1CN([C@H]2O[C@@H](CO)[C@@H](O)[C@H]2O)C(=O)NC1=O. The topological polar surface area (TPSA) is 136 Å². The molecule has 4 atom stereocenters. The van der Waals surface area contributed by atoms with E-state index < -0.39 is 55.4 Å². The monoisotopic (exact) mass is 260 g/mol. The Kier molecular flexibility index (Phi) is 3.30. The molecule has 0 spiro atoms. The molecule has 2 saturated heterocycles. The summed E-state index contributed by atoms with van der Waals surface area (Å²) in [5.41, 5.74) is 0. The molecule has 100 valence electrons. The van der Waals surface area contributed by atoms with Gasteiger partial charge in [-0.05, 0) is 0 Å². The van der Waals surface area contributed by atoms with Gasteiger partial charge in [0.25, 0.3) is 5.91 Å². The van der Waals surface area contributed by atoms with Gasteiger partial charge >= 0.3 is 6.03 Å². The summed E-state index contributed by atoms with van der Waals surface area (Å²) < 4.78 is 5.08. The number of aliphatic hydroxyl groups is 3. The lowest BCUT2D eigenvalue weighted by molar-refractivity contribution is -0.143. The van der Waals surface area contributed by atoms with Gasteiger partial charge in [-0.2, -0.15) is 0 Å². The molecule has 18 heavy (non-hydrogen) atoms. The van der Waals surface area contributed by atoms with E-state index in [4.69, 9.17) is 9.84 Å². The predicted molar refractivity (Wildman–Crippen MR) is 53.0 cm³/mol. The quantitative estimate of drug-likeness (QED) is 0.379. The van der Waals surface area contributed by atoms with Crippen molar-refractivity contribution in [2.75, 3.05) is 13.2 Å². The second kappa shape index (κ2) is 4.61. The Bertz CT molecular complexity index is 398. The molecule has 0 unspecified atom stereocenters. The summed E-state index contributed by atoms with van der Waals surface area (Å²) in [6.45, 7) is -1.09. The molecule has 0 aromatic carbocycles. The molecule has 0 radical (unpaired) electrons. The van der Waals surface area contributed by atoms with Crippen molar-refractivity contribution in [3.63, 3.8) is 0 Å². The zero-order valence-electron chi connectivity index (χ0n) is 9.15. The van der Waals surface area contributed by atoms with Gasteiger partial charge in [0, 0.05) is 0 Å². The van der Waals surface area contributed by atoms with E-state index in [1.807, 2.05) is 0 Å². The summed E-state index contributed by atoms with van der Waals surface area (Å²) >= 11 is 0. The van der Waals surface area contributed by atoms with Crippen molar-refractivity contribution in [3.05, 3.63) is 0 Å². The van der Waals surface area contributed by atoms with E-state index in [1.165, 1.54) is 0 Å². The van der Waals surface area contributed by atoms with E-state index in [1.54, 1.807) is 5.32 Å². The molecule has 0 saturated carbocycles. The van der Waals surface area contributed by atoms with Gasteiger partial charge in [-0.1, -0.05) is 0 Å². The summed E-state index contributed by atoms with van der Waals surface area (Å²) in [4.78, 5) is 34.4. The number of hydrogen-bond acceptors (Lipinski definition) is 7. The van der Waals surface area contributed by atoms with Gasteiger partial charge in [-0.25, -0.2) is 4.79 Å². The molecule has 0 aromatic rings. The highest BCUT2D eigenvalue weighted by Gasteiger charge is 2.48. The molecule has 0 bridgehead atoms. The molecule has 0 aliphatic carbocycles. The van der Waals surface area contributed by atoms with Crippen molar-refractivity contribution in [2.24, 2.45) is 0 Å². The third-order valence-electron chi connectivity index (χ3n) is 2.87. The van der Waals surface area contributed by atoms with Crippen LogP contribution in [0.25, 0.3) is 0 Å². The number of ketones is 1. The Hall–Kier alpha value is -1.55. The average molecular weight is 260 g/mol. The molecule has 4 N–H and O–H groups in total. The van der Waals surface area contributed by atoms with Crippen LogP contribution < -0.4 is 5.32 Å². The predicted octanol–water partition coefficient (Wildman–Crippen LogP) is -3.45. The Morgan fingerprint density at radius 3 is 2.50 bits per heavy atom. The largest absolute Gasteiger partial charge is 0.394 e. The van der Waals surface area contributed by atoms with Crippen LogP contribution in [0, 0.1) is 0 Å². The maximum Gasteiger partial charge on any atom is 0.326 e. The van der Waals surface area contributed by atoms with Crippen LogP contribution in [0.2, 0.25) is 0 Å². The number of aliphatic hydroxyl groups excluding tert-OH is 3. The average Bonchev–Trinajstić information content (AvgIpc) is 2.61. The lowest BCUT2D eigenvalue weighted by Crippen LogP contribution is -2.60. The highest BCUT2D eigenvalue weighted by molar-refractivity contribution is 6.41. The molecule has 9 heteroatoms. The number of nitrogens with zero attached hydrogens (tertiary/aromatic N) is 1. The van der Waals surface area contributed by atoms with E-state index in [9.17, 15) is 24.6 Å². The molecule has 2 aliphatic heterocycles. The molecule has 2 rings (SSSR count). The van der Waals surface area contributed by atoms with Gasteiger partial charge in [0.1, 0.15) is 18.3 Å². The zero-order chi connectivity index (χ0) is 13.4. The van der Waals surface area contributed by atoms with E-state index in [0.29, 0.717) is 0 Å². The minimum Gasteiger partial charge on any atom is -0.394 e. The fourth-order valence-corrected chi connectivity index (χ4v) is 1.88.